The van der Waals surface area contributed by atoms with Crippen LogP contribution in [0.2, 0.25) is 0 Å². The van der Waals surface area contributed by atoms with E-state index in [0.29, 0.717) is 0 Å². The van der Waals surface area contributed by atoms with Crippen LogP contribution in [0.15, 0.2) is 218 Å². The number of hydrogen-bond acceptors (Lipinski definition) is 2. The molecule has 2 nitrogen and oxygen atoms in total. The first-order valence-corrected chi connectivity index (χ1v) is 22.4. The lowest BCUT2D eigenvalue weighted by atomic mass is 9.92. The fraction of sp³-hybridized carbons (Fsp3) is 0.0312. The van der Waals surface area contributed by atoms with Gasteiger partial charge in [0.2, 0.25) is 0 Å². The Balaban J connectivity index is 1.04. The van der Waals surface area contributed by atoms with Crippen LogP contribution >= 0.6 is 0 Å². The maximum atomic E-state index is 5.54. The number of benzene rings is 10. The Labute approximate surface area is 387 Å². The van der Waals surface area contributed by atoms with Gasteiger partial charge in [-0.25, -0.2) is 0 Å². The van der Waals surface area contributed by atoms with E-state index in [9.17, 15) is 0 Å². The molecule has 0 saturated heterocycles. The van der Waals surface area contributed by atoms with E-state index in [1.54, 1.807) is 14.2 Å². The summed E-state index contributed by atoms with van der Waals surface area (Å²) in [6.07, 6.45) is 13.6. The highest BCUT2D eigenvalue weighted by atomic mass is 16.5. The minimum absolute atomic E-state index is 0.833. The highest BCUT2D eigenvalue weighted by molar-refractivity contribution is 5.99. The molecule has 0 aliphatic heterocycles. The second kappa shape index (κ2) is 19.1. The van der Waals surface area contributed by atoms with Crippen LogP contribution in [0.25, 0.3) is 79.9 Å². The predicted octanol–water partition coefficient (Wildman–Crippen LogP) is 16.7. The van der Waals surface area contributed by atoms with E-state index in [-0.39, 0.29) is 0 Å². The van der Waals surface area contributed by atoms with Gasteiger partial charge in [-0.1, -0.05) is 194 Å². The van der Waals surface area contributed by atoms with Gasteiger partial charge in [0.05, 0.1) is 14.2 Å². The van der Waals surface area contributed by atoms with Crippen LogP contribution in [-0.2, 0) is 0 Å². The Morgan fingerprint density at radius 1 is 0.273 bits per heavy atom. The minimum Gasteiger partial charge on any atom is -0.497 e. The molecule has 0 amide bonds. The molecule has 0 fully saturated rings. The molecule has 0 aliphatic carbocycles. The van der Waals surface area contributed by atoms with Crippen molar-refractivity contribution >= 4 is 79.9 Å². The van der Waals surface area contributed by atoms with Gasteiger partial charge in [0.1, 0.15) is 11.5 Å². The Morgan fingerprint density at radius 2 is 0.576 bits per heavy atom. The quantitative estimate of drug-likeness (QED) is 0.114. The molecule has 0 aliphatic rings. The van der Waals surface area contributed by atoms with E-state index in [1.807, 2.05) is 24.3 Å². The molecule has 0 unspecified atom stereocenters. The molecule has 10 aromatic carbocycles. The molecule has 0 N–H and O–H groups in total. The van der Waals surface area contributed by atoms with Crippen molar-refractivity contribution in [3.8, 4) is 11.5 Å². The molecular weight excluding hydrogens is 801 g/mol. The molecule has 10 rings (SSSR count). The van der Waals surface area contributed by atoms with E-state index >= 15 is 0 Å². The van der Waals surface area contributed by atoms with Crippen molar-refractivity contribution in [1.82, 2.24) is 0 Å². The maximum Gasteiger partial charge on any atom is 0.118 e. The molecule has 66 heavy (non-hydrogen) atoms. The van der Waals surface area contributed by atoms with E-state index in [4.69, 9.17) is 9.47 Å². The van der Waals surface area contributed by atoms with Gasteiger partial charge in [0.25, 0.3) is 0 Å². The molecule has 316 valence electrons. The van der Waals surface area contributed by atoms with E-state index in [2.05, 4.69) is 231 Å². The van der Waals surface area contributed by atoms with Crippen molar-refractivity contribution < 1.29 is 9.47 Å². The molecule has 0 saturated carbocycles. The molecule has 0 spiro atoms. The standard InChI is InChI=1S/C64H48O2/c1-65-61-35-31-49(32-36-61)63(59-29-25-45-13-3-7-17-51(45)41-59)43-55-21-9-5-15-47(55)23-27-57-39-53-19-11-12-20-54(53)40-58(57)28-24-48-16-6-10-22-56(48)44-64(50-33-37-62(66-2)38-34-50)60-30-26-46-14-4-8-18-52(46)42-60/h3-44H,1-2H3/b27-23-,28-24-,63-43+,64-44+. The number of ether oxygens (including phenoxy) is 2. The van der Waals surface area contributed by atoms with Crippen LogP contribution in [0.5, 0.6) is 11.5 Å². The third kappa shape index (κ3) is 9.13. The van der Waals surface area contributed by atoms with Crippen LogP contribution in [-0.4, -0.2) is 14.2 Å². The van der Waals surface area contributed by atoms with Gasteiger partial charge in [-0.05, 0) is 160 Å². The lowest BCUT2D eigenvalue weighted by molar-refractivity contribution is 0.414. The van der Waals surface area contributed by atoms with Gasteiger partial charge in [-0.3, -0.25) is 0 Å². The van der Waals surface area contributed by atoms with Gasteiger partial charge >= 0.3 is 0 Å². The Kier molecular flexibility index (Phi) is 12.0. The summed E-state index contributed by atoms with van der Waals surface area (Å²) in [6, 6.07) is 77.7. The number of rotatable bonds is 12. The second-order valence-electron chi connectivity index (χ2n) is 16.4. The number of methoxy groups -OCH3 is 2. The van der Waals surface area contributed by atoms with Crippen LogP contribution in [0.1, 0.15) is 55.6 Å². The average molecular weight is 849 g/mol. The number of hydrogen-bond donors (Lipinski definition) is 0. The summed E-state index contributed by atoms with van der Waals surface area (Å²) in [4.78, 5) is 0. The molecule has 2 heteroatoms. The van der Waals surface area contributed by atoms with Gasteiger partial charge in [-0.2, -0.15) is 0 Å². The first-order valence-electron chi connectivity index (χ1n) is 22.4. The smallest absolute Gasteiger partial charge is 0.118 e. The van der Waals surface area contributed by atoms with Crippen molar-refractivity contribution in [2.24, 2.45) is 0 Å². The first-order chi connectivity index (χ1) is 32.6. The monoisotopic (exact) mass is 848 g/mol. The highest BCUT2D eigenvalue weighted by Gasteiger charge is 2.12. The molecule has 0 aromatic heterocycles. The zero-order valence-corrected chi connectivity index (χ0v) is 37.1. The van der Waals surface area contributed by atoms with Crippen molar-refractivity contribution in [2.75, 3.05) is 14.2 Å². The van der Waals surface area contributed by atoms with Gasteiger partial charge in [0, 0.05) is 0 Å². The summed E-state index contributed by atoms with van der Waals surface area (Å²) in [5.74, 6) is 1.67. The summed E-state index contributed by atoms with van der Waals surface area (Å²) in [7, 11) is 3.41. The molecule has 0 bridgehead atoms. The van der Waals surface area contributed by atoms with Crippen molar-refractivity contribution in [3.05, 3.63) is 274 Å². The highest BCUT2D eigenvalue weighted by Crippen LogP contribution is 2.34. The maximum absolute atomic E-state index is 5.54. The molecule has 10 aromatic rings. The van der Waals surface area contributed by atoms with E-state index < -0.39 is 0 Å². The third-order valence-corrected chi connectivity index (χ3v) is 12.4. The fourth-order valence-corrected chi connectivity index (χ4v) is 8.74. The number of fused-ring (bicyclic) bond motifs is 3. The van der Waals surface area contributed by atoms with Gasteiger partial charge in [-0.15, -0.1) is 0 Å². The summed E-state index contributed by atoms with van der Waals surface area (Å²) in [6.45, 7) is 0. The van der Waals surface area contributed by atoms with Crippen LogP contribution in [0.3, 0.4) is 0 Å². The molecule has 0 atom stereocenters. The topological polar surface area (TPSA) is 18.5 Å². The van der Waals surface area contributed by atoms with Crippen LogP contribution in [0, 0.1) is 0 Å². The largest absolute Gasteiger partial charge is 0.497 e. The van der Waals surface area contributed by atoms with E-state index in [1.165, 1.54) is 32.3 Å². The summed E-state index contributed by atoms with van der Waals surface area (Å²) in [5, 5.41) is 7.25. The first kappa shape index (κ1) is 41.5. The average Bonchev–Trinajstić information content (AvgIpc) is 3.38. The lowest BCUT2D eigenvalue weighted by Gasteiger charge is -2.13. The Bertz CT molecular complexity index is 3240. The fourth-order valence-electron chi connectivity index (χ4n) is 8.74. The second-order valence-corrected chi connectivity index (χ2v) is 16.4. The summed E-state index contributed by atoms with van der Waals surface area (Å²) < 4.78 is 11.1. The van der Waals surface area contributed by atoms with E-state index in [0.717, 1.165) is 78.3 Å². The van der Waals surface area contributed by atoms with Crippen molar-refractivity contribution in [3.63, 3.8) is 0 Å². The third-order valence-electron chi connectivity index (χ3n) is 12.4. The molecule has 0 radical (unpaired) electrons. The van der Waals surface area contributed by atoms with Crippen LogP contribution in [0.4, 0.5) is 0 Å². The predicted molar refractivity (Wildman–Crippen MR) is 283 cm³/mol. The van der Waals surface area contributed by atoms with Gasteiger partial charge in [0.15, 0.2) is 0 Å². The molecule has 0 heterocycles. The zero-order chi connectivity index (χ0) is 44.7. The van der Waals surface area contributed by atoms with Crippen molar-refractivity contribution in [1.29, 1.82) is 0 Å². The summed E-state index contributed by atoms with van der Waals surface area (Å²) in [5.41, 5.74) is 13.6. The Hall–Kier alpha value is -8.46. The Morgan fingerprint density at radius 3 is 0.955 bits per heavy atom. The molecular formula is C64H48O2. The zero-order valence-electron chi connectivity index (χ0n) is 37.1. The SMILES string of the molecule is COc1ccc(/C(=C\c2ccccc2/C=C\c2cc3ccccc3cc2/C=C\c2ccccc2/C=C(\c2ccc(OC)cc2)c2ccc3ccccc3c2)c2ccc3ccccc3c2)cc1. The minimum atomic E-state index is 0.833. The van der Waals surface area contributed by atoms with Gasteiger partial charge < -0.3 is 9.47 Å². The van der Waals surface area contributed by atoms with Crippen LogP contribution < -0.4 is 9.47 Å². The summed E-state index contributed by atoms with van der Waals surface area (Å²) >= 11 is 0. The van der Waals surface area contributed by atoms with Crippen molar-refractivity contribution in [2.45, 2.75) is 0 Å². The lowest BCUT2D eigenvalue weighted by Crippen LogP contribution is -1.91. The normalized spacial score (nSPS) is 12.2.